The fourth-order valence-electron chi connectivity index (χ4n) is 1.48. The minimum absolute atomic E-state index is 0.0471. The molecule has 7 heteroatoms. The van der Waals surface area contributed by atoms with Crippen molar-refractivity contribution in [3.63, 3.8) is 0 Å². The average molecular weight is 302 g/mol. The zero-order valence-corrected chi connectivity index (χ0v) is 10.5. The van der Waals surface area contributed by atoms with Crippen LogP contribution in [0.15, 0.2) is 30.3 Å². The molecule has 1 amide bonds. The number of halogens is 4. The van der Waals surface area contributed by atoms with Crippen LogP contribution in [0.2, 0.25) is 5.02 Å². The number of nitrogens with one attached hydrogen (secondary N) is 1. The van der Waals surface area contributed by atoms with Crippen LogP contribution in [-0.4, -0.2) is 11.0 Å². The van der Waals surface area contributed by atoms with Crippen molar-refractivity contribution in [2.24, 2.45) is 0 Å². The molecular weight excluding hydrogens is 295 g/mol. The number of carbonyl (C=O) groups excluding carboxylic acids is 1. The zero-order valence-electron chi connectivity index (χ0n) is 9.75. The summed E-state index contributed by atoms with van der Waals surface area (Å²) in [7, 11) is 0. The van der Waals surface area contributed by atoms with Gasteiger partial charge in [0.25, 0.3) is 5.91 Å². The molecule has 104 valence electrons. The minimum Gasteiger partial charge on any atom is -0.506 e. The SMILES string of the molecule is O=C(Nc1cc(F)c(F)c(F)c1)c1ccc(O)c(Cl)c1. The standard InChI is InChI=1S/C13H7ClF3NO2/c14-8-3-6(1-2-11(8)19)13(20)18-7-4-9(15)12(17)10(16)5-7/h1-5,19H,(H,18,20). The topological polar surface area (TPSA) is 49.3 Å². The summed E-state index contributed by atoms with van der Waals surface area (Å²) in [6.07, 6.45) is 0. The number of aromatic hydroxyl groups is 1. The smallest absolute Gasteiger partial charge is 0.255 e. The summed E-state index contributed by atoms with van der Waals surface area (Å²) in [6.45, 7) is 0. The van der Waals surface area contributed by atoms with Crippen molar-refractivity contribution in [2.45, 2.75) is 0 Å². The second-order valence-corrected chi connectivity index (χ2v) is 4.28. The predicted molar refractivity (Wildman–Crippen MR) is 67.4 cm³/mol. The molecule has 0 aliphatic heterocycles. The van der Waals surface area contributed by atoms with Crippen molar-refractivity contribution in [3.05, 3.63) is 58.4 Å². The Bertz CT molecular complexity index is 668. The number of benzene rings is 2. The lowest BCUT2D eigenvalue weighted by Crippen LogP contribution is -2.12. The van der Waals surface area contributed by atoms with Gasteiger partial charge < -0.3 is 10.4 Å². The molecule has 2 aromatic carbocycles. The molecule has 0 bridgehead atoms. The first-order valence-corrected chi connectivity index (χ1v) is 5.70. The van der Waals surface area contributed by atoms with Crippen molar-refractivity contribution in [1.82, 2.24) is 0 Å². The van der Waals surface area contributed by atoms with E-state index >= 15 is 0 Å². The third-order valence-corrected chi connectivity index (χ3v) is 2.75. The van der Waals surface area contributed by atoms with Crippen LogP contribution in [0.3, 0.4) is 0 Å². The summed E-state index contributed by atoms with van der Waals surface area (Å²) < 4.78 is 38.7. The quantitative estimate of drug-likeness (QED) is 0.831. The number of anilines is 1. The first-order valence-electron chi connectivity index (χ1n) is 5.33. The minimum atomic E-state index is -1.62. The van der Waals surface area contributed by atoms with Crippen LogP contribution in [0.5, 0.6) is 5.75 Å². The summed E-state index contributed by atoms with van der Waals surface area (Å²) in [6, 6.07) is 4.95. The van der Waals surface area contributed by atoms with Crippen LogP contribution in [0, 0.1) is 17.5 Å². The number of amides is 1. The average Bonchev–Trinajstić information content (AvgIpc) is 2.39. The highest BCUT2D eigenvalue weighted by molar-refractivity contribution is 6.32. The second-order valence-electron chi connectivity index (χ2n) is 3.87. The third-order valence-electron chi connectivity index (χ3n) is 2.45. The molecule has 0 fully saturated rings. The van der Waals surface area contributed by atoms with Gasteiger partial charge in [0.15, 0.2) is 17.5 Å². The van der Waals surface area contributed by atoms with E-state index < -0.39 is 23.4 Å². The van der Waals surface area contributed by atoms with Crippen LogP contribution in [0.1, 0.15) is 10.4 Å². The summed E-state index contributed by atoms with van der Waals surface area (Å²) in [5, 5.41) is 11.4. The van der Waals surface area contributed by atoms with Gasteiger partial charge >= 0.3 is 0 Å². The fraction of sp³-hybridized carbons (Fsp3) is 0. The molecule has 0 heterocycles. The van der Waals surface area contributed by atoms with Gasteiger partial charge in [0.1, 0.15) is 5.75 Å². The summed E-state index contributed by atoms with van der Waals surface area (Å²) in [4.78, 5) is 11.8. The maximum absolute atomic E-state index is 13.0. The first-order chi connectivity index (χ1) is 9.38. The van der Waals surface area contributed by atoms with Gasteiger partial charge in [0.05, 0.1) is 5.02 Å². The number of hydrogen-bond donors (Lipinski definition) is 2. The lowest BCUT2D eigenvalue weighted by atomic mass is 10.2. The van der Waals surface area contributed by atoms with Crippen molar-refractivity contribution in [2.75, 3.05) is 5.32 Å². The van der Waals surface area contributed by atoms with E-state index in [-0.39, 0.29) is 22.0 Å². The zero-order chi connectivity index (χ0) is 14.9. The fourth-order valence-corrected chi connectivity index (χ4v) is 1.66. The molecule has 0 aromatic heterocycles. The highest BCUT2D eigenvalue weighted by Crippen LogP contribution is 2.24. The number of hydrogen-bond acceptors (Lipinski definition) is 2. The van der Waals surface area contributed by atoms with Gasteiger partial charge in [-0.05, 0) is 18.2 Å². The lowest BCUT2D eigenvalue weighted by Gasteiger charge is -2.07. The molecule has 0 atom stereocenters. The molecule has 0 radical (unpaired) electrons. The molecule has 0 aliphatic rings. The molecule has 0 saturated heterocycles. The summed E-state index contributed by atoms with van der Waals surface area (Å²) in [5.74, 6) is -5.36. The Morgan fingerprint density at radius 1 is 1.10 bits per heavy atom. The normalized spacial score (nSPS) is 10.4. The van der Waals surface area contributed by atoms with Crippen LogP contribution >= 0.6 is 11.6 Å². The van der Waals surface area contributed by atoms with Crippen molar-refractivity contribution < 1.29 is 23.1 Å². The van der Waals surface area contributed by atoms with E-state index in [9.17, 15) is 23.1 Å². The molecule has 3 nitrogen and oxygen atoms in total. The van der Waals surface area contributed by atoms with Crippen molar-refractivity contribution in [1.29, 1.82) is 0 Å². The molecule has 0 aliphatic carbocycles. The second kappa shape index (κ2) is 5.42. The summed E-state index contributed by atoms with van der Waals surface area (Å²) >= 11 is 5.63. The monoisotopic (exact) mass is 301 g/mol. The molecule has 0 unspecified atom stereocenters. The predicted octanol–water partition coefficient (Wildman–Crippen LogP) is 3.72. The van der Waals surface area contributed by atoms with Gasteiger partial charge in [-0.25, -0.2) is 13.2 Å². The van der Waals surface area contributed by atoms with Crippen LogP contribution in [-0.2, 0) is 0 Å². The van der Waals surface area contributed by atoms with E-state index in [2.05, 4.69) is 5.32 Å². The third kappa shape index (κ3) is 2.85. The van der Waals surface area contributed by atoms with Gasteiger partial charge in [-0.3, -0.25) is 4.79 Å². The van der Waals surface area contributed by atoms with E-state index in [1.54, 1.807) is 0 Å². The Balaban J connectivity index is 2.25. The van der Waals surface area contributed by atoms with Gasteiger partial charge in [0, 0.05) is 23.4 Å². The largest absolute Gasteiger partial charge is 0.506 e. The Morgan fingerprint density at radius 2 is 1.70 bits per heavy atom. The molecule has 20 heavy (non-hydrogen) atoms. The highest BCUT2D eigenvalue weighted by Gasteiger charge is 2.13. The molecule has 2 aromatic rings. The Hall–Kier alpha value is -2.21. The number of phenols is 1. The maximum Gasteiger partial charge on any atom is 0.255 e. The van der Waals surface area contributed by atoms with Gasteiger partial charge in [-0.15, -0.1) is 0 Å². The Morgan fingerprint density at radius 3 is 2.25 bits per heavy atom. The van der Waals surface area contributed by atoms with Crippen LogP contribution < -0.4 is 5.32 Å². The molecule has 2 N–H and O–H groups in total. The highest BCUT2D eigenvalue weighted by atomic mass is 35.5. The summed E-state index contributed by atoms with van der Waals surface area (Å²) in [5.41, 5.74) is -0.173. The van der Waals surface area contributed by atoms with Crippen molar-refractivity contribution in [3.8, 4) is 5.75 Å². The molecule has 0 spiro atoms. The van der Waals surface area contributed by atoms with E-state index in [4.69, 9.17) is 11.6 Å². The van der Waals surface area contributed by atoms with E-state index in [0.29, 0.717) is 12.1 Å². The molecular formula is C13H7ClF3NO2. The van der Waals surface area contributed by atoms with E-state index in [1.807, 2.05) is 0 Å². The van der Waals surface area contributed by atoms with E-state index in [0.717, 1.165) is 0 Å². The van der Waals surface area contributed by atoms with Gasteiger partial charge in [-0.1, -0.05) is 11.6 Å². The lowest BCUT2D eigenvalue weighted by molar-refractivity contribution is 0.102. The number of phenolic OH excluding ortho intramolecular Hbond substituents is 1. The van der Waals surface area contributed by atoms with Crippen LogP contribution in [0.25, 0.3) is 0 Å². The Kier molecular flexibility index (Phi) is 3.85. The molecule has 2 rings (SSSR count). The Labute approximate surface area is 116 Å². The van der Waals surface area contributed by atoms with Crippen LogP contribution in [0.4, 0.5) is 18.9 Å². The number of carbonyl (C=O) groups is 1. The maximum atomic E-state index is 13.0. The van der Waals surface area contributed by atoms with Gasteiger partial charge in [-0.2, -0.15) is 0 Å². The molecule has 0 saturated carbocycles. The van der Waals surface area contributed by atoms with Gasteiger partial charge in [0.2, 0.25) is 0 Å². The van der Waals surface area contributed by atoms with E-state index in [1.165, 1.54) is 18.2 Å². The van der Waals surface area contributed by atoms with Crippen molar-refractivity contribution >= 4 is 23.2 Å². The number of rotatable bonds is 2. The first kappa shape index (κ1) is 14.2.